The smallest absolute Gasteiger partial charge is 0.311 e. The Morgan fingerprint density at radius 1 is 1.00 bits per heavy atom. The van der Waals surface area contributed by atoms with E-state index in [9.17, 15) is 19.2 Å². The molecule has 0 unspecified atom stereocenters. The number of amides is 2. The topological polar surface area (TPSA) is 111 Å². The van der Waals surface area contributed by atoms with Crippen LogP contribution in [0.25, 0.3) is 0 Å². The van der Waals surface area contributed by atoms with Crippen LogP contribution in [0, 0.1) is 12.8 Å². The molecule has 3 rings (SSSR count). The van der Waals surface area contributed by atoms with Gasteiger partial charge in [-0.05, 0) is 25.1 Å². The molecule has 1 fully saturated rings. The Labute approximate surface area is 185 Å². The van der Waals surface area contributed by atoms with Gasteiger partial charge in [0.2, 0.25) is 5.91 Å². The van der Waals surface area contributed by atoms with Gasteiger partial charge in [0.15, 0.2) is 23.9 Å². The van der Waals surface area contributed by atoms with Gasteiger partial charge < -0.3 is 14.2 Å². The van der Waals surface area contributed by atoms with Crippen molar-refractivity contribution in [3.05, 3.63) is 59.2 Å². The van der Waals surface area contributed by atoms with Crippen LogP contribution in [0.15, 0.2) is 42.5 Å². The molecule has 168 valence electrons. The van der Waals surface area contributed by atoms with Gasteiger partial charge in [0.05, 0.1) is 26.7 Å². The lowest BCUT2D eigenvalue weighted by molar-refractivity contribution is -0.147. The summed E-state index contributed by atoms with van der Waals surface area (Å²) in [5.74, 6) is -1.91. The number of Topliss-reactive ketones (excluding diaryl/α,β-unsaturated/α-hetero) is 1. The van der Waals surface area contributed by atoms with E-state index in [1.54, 1.807) is 30.3 Å². The second-order valence-electron chi connectivity index (χ2n) is 7.31. The SMILES string of the molecule is COc1ccc(C(=O)NN2C[C@H](C(=O)OCC(=O)c3ccc(C)cc3)CC2=O)cc1OC. The average molecular weight is 440 g/mol. The average Bonchev–Trinajstić information content (AvgIpc) is 3.17. The highest BCUT2D eigenvalue weighted by atomic mass is 16.5. The maximum atomic E-state index is 12.5. The summed E-state index contributed by atoms with van der Waals surface area (Å²) in [7, 11) is 2.93. The second-order valence-corrected chi connectivity index (χ2v) is 7.31. The van der Waals surface area contributed by atoms with E-state index in [2.05, 4.69) is 5.43 Å². The molecule has 0 aromatic heterocycles. The van der Waals surface area contributed by atoms with Crippen molar-refractivity contribution in [1.82, 2.24) is 10.4 Å². The van der Waals surface area contributed by atoms with Gasteiger partial charge >= 0.3 is 5.97 Å². The van der Waals surface area contributed by atoms with Gasteiger partial charge in [0.1, 0.15) is 0 Å². The molecule has 9 nitrogen and oxygen atoms in total. The minimum atomic E-state index is -0.779. The molecule has 1 saturated heterocycles. The van der Waals surface area contributed by atoms with Crippen molar-refractivity contribution in [2.45, 2.75) is 13.3 Å². The molecule has 0 bridgehead atoms. The Bertz CT molecular complexity index is 1030. The van der Waals surface area contributed by atoms with Crippen LogP contribution in [0.5, 0.6) is 11.5 Å². The number of hydrogen-bond donors (Lipinski definition) is 1. The first-order chi connectivity index (χ1) is 15.3. The standard InChI is InChI=1S/C23H24N2O7/c1-14-4-6-15(7-5-14)18(26)13-32-23(29)17-11-21(27)25(12-17)24-22(28)16-8-9-19(30-2)20(10-16)31-3/h4-10,17H,11-13H2,1-3H3,(H,24,28)/t17-/m1/s1. The minimum absolute atomic E-state index is 0.0462. The number of carbonyl (C=O) groups is 4. The van der Waals surface area contributed by atoms with Crippen molar-refractivity contribution in [1.29, 1.82) is 0 Å². The lowest BCUT2D eigenvalue weighted by Crippen LogP contribution is -2.43. The third-order valence-corrected chi connectivity index (χ3v) is 5.06. The maximum absolute atomic E-state index is 12.5. The Morgan fingerprint density at radius 2 is 1.66 bits per heavy atom. The summed E-state index contributed by atoms with van der Waals surface area (Å²) >= 11 is 0. The maximum Gasteiger partial charge on any atom is 0.311 e. The van der Waals surface area contributed by atoms with Crippen LogP contribution >= 0.6 is 0 Å². The van der Waals surface area contributed by atoms with E-state index in [1.807, 2.05) is 6.92 Å². The molecule has 2 amide bonds. The molecule has 2 aromatic rings. The molecule has 1 aliphatic heterocycles. The van der Waals surface area contributed by atoms with Gasteiger partial charge in [-0.25, -0.2) is 0 Å². The van der Waals surface area contributed by atoms with Gasteiger partial charge in [0.25, 0.3) is 5.91 Å². The normalized spacial score (nSPS) is 15.3. The Kier molecular flexibility index (Phi) is 7.09. The molecule has 1 N–H and O–H groups in total. The molecule has 0 aliphatic carbocycles. The van der Waals surface area contributed by atoms with Crippen LogP contribution in [-0.2, 0) is 14.3 Å². The molecule has 0 spiro atoms. The fourth-order valence-corrected chi connectivity index (χ4v) is 3.22. The van der Waals surface area contributed by atoms with Crippen molar-refractivity contribution in [3.63, 3.8) is 0 Å². The monoisotopic (exact) mass is 440 g/mol. The van der Waals surface area contributed by atoms with Crippen molar-refractivity contribution >= 4 is 23.6 Å². The van der Waals surface area contributed by atoms with Gasteiger partial charge in [0, 0.05) is 17.5 Å². The van der Waals surface area contributed by atoms with E-state index in [0.717, 1.165) is 10.6 Å². The number of ether oxygens (including phenoxy) is 3. The predicted octanol–water partition coefficient (Wildman–Crippen LogP) is 1.93. The van der Waals surface area contributed by atoms with Gasteiger partial charge in [-0.1, -0.05) is 29.8 Å². The molecule has 9 heteroatoms. The fraction of sp³-hybridized carbons (Fsp3) is 0.304. The van der Waals surface area contributed by atoms with Crippen LogP contribution in [0.4, 0.5) is 0 Å². The van der Waals surface area contributed by atoms with Crippen LogP contribution in [0.1, 0.15) is 32.7 Å². The molecular formula is C23H24N2O7. The second kappa shape index (κ2) is 9.95. The number of benzene rings is 2. The van der Waals surface area contributed by atoms with E-state index in [-0.39, 0.29) is 24.3 Å². The predicted molar refractivity (Wildman–Crippen MR) is 113 cm³/mol. The number of hydrogen-bond acceptors (Lipinski definition) is 7. The molecule has 2 aromatic carbocycles. The summed E-state index contributed by atoms with van der Waals surface area (Å²) in [4.78, 5) is 49.3. The molecule has 1 aliphatic rings. The summed E-state index contributed by atoms with van der Waals surface area (Å²) in [6.07, 6.45) is -0.121. The molecule has 0 saturated carbocycles. The summed E-state index contributed by atoms with van der Waals surface area (Å²) in [6.45, 7) is 1.45. The quantitative estimate of drug-likeness (QED) is 0.493. The molecule has 1 atom stereocenters. The summed E-state index contributed by atoms with van der Waals surface area (Å²) in [6, 6.07) is 11.5. The number of rotatable bonds is 8. The zero-order chi connectivity index (χ0) is 23.3. The zero-order valence-corrected chi connectivity index (χ0v) is 18.0. The summed E-state index contributed by atoms with van der Waals surface area (Å²) in [5, 5.41) is 1.08. The zero-order valence-electron chi connectivity index (χ0n) is 18.0. The number of nitrogens with zero attached hydrogens (tertiary/aromatic N) is 1. The lowest BCUT2D eigenvalue weighted by Gasteiger charge is -2.18. The molecule has 0 radical (unpaired) electrons. The largest absolute Gasteiger partial charge is 0.493 e. The first kappa shape index (κ1) is 22.8. The first-order valence-corrected chi connectivity index (χ1v) is 9.92. The third kappa shape index (κ3) is 5.23. The first-order valence-electron chi connectivity index (χ1n) is 9.92. The van der Waals surface area contributed by atoms with Gasteiger partial charge in [-0.3, -0.25) is 29.6 Å². The van der Waals surface area contributed by atoms with Crippen LogP contribution in [0.3, 0.4) is 0 Å². The number of hydrazine groups is 1. The van der Waals surface area contributed by atoms with Crippen molar-refractivity contribution < 1.29 is 33.4 Å². The van der Waals surface area contributed by atoms with E-state index in [1.165, 1.54) is 26.4 Å². The third-order valence-electron chi connectivity index (χ3n) is 5.06. The van der Waals surface area contributed by atoms with Crippen LogP contribution in [0.2, 0.25) is 0 Å². The summed E-state index contributed by atoms with van der Waals surface area (Å²) < 4.78 is 15.4. The Hall–Kier alpha value is -3.88. The number of esters is 1. The number of aryl methyl sites for hydroxylation is 1. The molecule has 32 heavy (non-hydrogen) atoms. The van der Waals surface area contributed by atoms with Gasteiger partial charge in [-0.2, -0.15) is 0 Å². The van der Waals surface area contributed by atoms with Crippen LogP contribution < -0.4 is 14.9 Å². The van der Waals surface area contributed by atoms with E-state index < -0.39 is 30.3 Å². The number of carbonyl (C=O) groups excluding carboxylic acids is 4. The van der Waals surface area contributed by atoms with E-state index in [4.69, 9.17) is 14.2 Å². The van der Waals surface area contributed by atoms with E-state index >= 15 is 0 Å². The van der Waals surface area contributed by atoms with Crippen molar-refractivity contribution in [2.75, 3.05) is 27.4 Å². The van der Waals surface area contributed by atoms with Gasteiger partial charge in [-0.15, -0.1) is 0 Å². The number of nitrogens with one attached hydrogen (secondary N) is 1. The highest BCUT2D eigenvalue weighted by Crippen LogP contribution is 2.27. The molecule has 1 heterocycles. The van der Waals surface area contributed by atoms with Crippen molar-refractivity contribution in [2.24, 2.45) is 5.92 Å². The fourth-order valence-electron chi connectivity index (χ4n) is 3.22. The Balaban J connectivity index is 1.55. The minimum Gasteiger partial charge on any atom is -0.493 e. The Morgan fingerprint density at radius 3 is 2.31 bits per heavy atom. The summed E-state index contributed by atoms with van der Waals surface area (Å²) in [5.41, 5.74) is 4.19. The number of ketones is 1. The van der Waals surface area contributed by atoms with E-state index in [0.29, 0.717) is 17.1 Å². The number of methoxy groups -OCH3 is 2. The van der Waals surface area contributed by atoms with Crippen molar-refractivity contribution in [3.8, 4) is 11.5 Å². The molecular weight excluding hydrogens is 416 g/mol. The van der Waals surface area contributed by atoms with Crippen LogP contribution in [-0.4, -0.2) is 55.9 Å². The highest BCUT2D eigenvalue weighted by molar-refractivity contribution is 5.99. The lowest BCUT2D eigenvalue weighted by atomic mass is 10.1. The highest BCUT2D eigenvalue weighted by Gasteiger charge is 2.36.